The second-order valence-corrected chi connectivity index (χ2v) is 8.92. The Morgan fingerprint density at radius 3 is 2.76 bits per heavy atom. The van der Waals surface area contributed by atoms with Gasteiger partial charge in [0, 0.05) is 25.2 Å². The summed E-state index contributed by atoms with van der Waals surface area (Å²) in [6.07, 6.45) is 7.83. The average molecular weight is 419 g/mol. The predicted octanol–water partition coefficient (Wildman–Crippen LogP) is 3.62. The van der Waals surface area contributed by atoms with E-state index in [1.54, 1.807) is 6.33 Å². The summed E-state index contributed by atoms with van der Waals surface area (Å²) in [7, 11) is 0. The number of esters is 1. The lowest BCUT2D eigenvalue weighted by Gasteiger charge is -2.48. The number of aromatic nitrogens is 2. The molecule has 7 nitrogen and oxygen atoms in total. The van der Waals surface area contributed by atoms with Gasteiger partial charge in [0.1, 0.15) is 21.9 Å². The molecule has 2 aliphatic rings. The molecule has 1 saturated carbocycles. The number of fused-ring (bicyclic) bond motifs is 1. The lowest BCUT2D eigenvalue weighted by molar-refractivity contribution is -0.0318. The third kappa shape index (κ3) is 4.11. The normalized spacial score (nSPS) is 19.9. The van der Waals surface area contributed by atoms with Crippen molar-refractivity contribution in [1.29, 1.82) is 0 Å². The third-order valence-electron chi connectivity index (χ3n) is 6.24. The van der Waals surface area contributed by atoms with E-state index in [-0.39, 0.29) is 11.5 Å². The molecule has 0 atom stereocenters. The molecule has 0 radical (unpaired) electrons. The van der Waals surface area contributed by atoms with Crippen LogP contribution in [0.15, 0.2) is 6.33 Å². The van der Waals surface area contributed by atoms with Gasteiger partial charge in [-0.2, -0.15) is 0 Å². The molecular weight excluding hydrogens is 388 g/mol. The van der Waals surface area contributed by atoms with Gasteiger partial charge in [-0.3, -0.25) is 4.90 Å². The van der Waals surface area contributed by atoms with E-state index in [0.717, 1.165) is 54.4 Å². The van der Waals surface area contributed by atoms with E-state index in [0.29, 0.717) is 11.5 Å². The number of hydrogen-bond acceptors (Lipinski definition) is 8. The van der Waals surface area contributed by atoms with E-state index in [9.17, 15) is 4.79 Å². The molecule has 0 unspecified atom stereocenters. The van der Waals surface area contributed by atoms with Gasteiger partial charge in [0.25, 0.3) is 0 Å². The molecule has 0 amide bonds. The third-order valence-corrected chi connectivity index (χ3v) is 7.42. The van der Waals surface area contributed by atoms with Crippen molar-refractivity contribution in [2.75, 3.05) is 44.8 Å². The summed E-state index contributed by atoms with van der Waals surface area (Å²) < 4.78 is 10.8. The Hall–Kier alpha value is -1.77. The summed E-state index contributed by atoms with van der Waals surface area (Å²) in [5.74, 6) is 0.536. The minimum atomic E-state index is -0.281. The van der Waals surface area contributed by atoms with Gasteiger partial charge in [0.2, 0.25) is 0 Å². The van der Waals surface area contributed by atoms with Crippen LogP contribution in [0.2, 0.25) is 0 Å². The SMILES string of the molecule is CCOC(=O)c1sc2ncnc(NCC3(N4CCOCC4)CCCCC3)c2c1C. The number of nitrogens with zero attached hydrogens (tertiary/aromatic N) is 3. The summed E-state index contributed by atoms with van der Waals surface area (Å²) in [5.41, 5.74) is 1.04. The molecule has 29 heavy (non-hydrogen) atoms. The molecule has 0 aromatic carbocycles. The second kappa shape index (κ2) is 8.93. The number of rotatable bonds is 6. The van der Waals surface area contributed by atoms with Crippen LogP contribution in [0.4, 0.5) is 5.82 Å². The molecule has 1 N–H and O–H groups in total. The molecule has 0 spiro atoms. The van der Waals surface area contributed by atoms with Crippen molar-refractivity contribution in [3.8, 4) is 0 Å². The Labute approximate surface area is 175 Å². The predicted molar refractivity (Wildman–Crippen MR) is 115 cm³/mol. The number of nitrogens with one attached hydrogen (secondary N) is 1. The average Bonchev–Trinajstić information content (AvgIpc) is 3.11. The van der Waals surface area contributed by atoms with E-state index in [4.69, 9.17) is 9.47 Å². The largest absolute Gasteiger partial charge is 0.462 e. The van der Waals surface area contributed by atoms with Crippen LogP contribution in [0.3, 0.4) is 0 Å². The molecule has 2 aromatic heterocycles. The number of morpholine rings is 1. The number of anilines is 1. The van der Waals surface area contributed by atoms with Gasteiger partial charge in [-0.25, -0.2) is 14.8 Å². The Bertz CT molecular complexity index is 857. The molecule has 2 aromatic rings. The van der Waals surface area contributed by atoms with E-state index in [1.807, 2.05) is 13.8 Å². The Morgan fingerprint density at radius 1 is 1.28 bits per heavy atom. The highest BCUT2D eigenvalue weighted by molar-refractivity contribution is 7.20. The van der Waals surface area contributed by atoms with Gasteiger partial charge in [-0.1, -0.05) is 19.3 Å². The van der Waals surface area contributed by atoms with Crippen molar-refractivity contribution in [3.05, 3.63) is 16.8 Å². The number of thiophene rings is 1. The molecule has 8 heteroatoms. The first kappa shape index (κ1) is 20.5. The standard InChI is InChI=1S/C21H30N4O3S/c1-3-28-20(26)17-15(2)16-18(23-14-24-19(16)29-17)22-13-21(7-5-4-6-8-21)25-9-11-27-12-10-25/h14H,3-13H2,1-2H3,(H,22,23,24). The Morgan fingerprint density at radius 2 is 2.03 bits per heavy atom. The fourth-order valence-corrected chi connectivity index (χ4v) is 5.74. The zero-order valence-electron chi connectivity index (χ0n) is 17.3. The molecule has 1 saturated heterocycles. The molecule has 158 valence electrons. The highest BCUT2D eigenvalue weighted by atomic mass is 32.1. The Balaban J connectivity index is 1.60. The van der Waals surface area contributed by atoms with Gasteiger partial charge >= 0.3 is 5.97 Å². The number of carbonyl (C=O) groups is 1. The number of carbonyl (C=O) groups excluding carboxylic acids is 1. The number of hydrogen-bond donors (Lipinski definition) is 1. The van der Waals surface area contributed by atoms with Crippen molar-refractivity contribution < 1.29 is 14.3 Å². The monoisotopic (exact) mass is 418 g/mol. The fraction of sp³-hybridized carbons (Fsp3) is 0.667. The Kier molecular flexibility index (Phi) is 6.32. The summed E-state index contributed by atoms with van der Waals surface area (Å²) in [5, 5.41) is 4.58. The molecule has 1 aliphatic carbocycles. The maximum absolute atomic E-state index is 12.3. The smallest absolute Gasteiger partial charge is 0.348 e. The van der Waals surface area contributed by atoms with Crippen LogP contribution in [0, 0.1) is 6.92 Å². The molecule has 1 aliphatic heterocycles. The minimum Gasteiger partial charge on any atom is -0.462 e. The zero-order chi connectivity index (χ0) is 20.3. The zero-order valence-corrected chi connectivity index (χ0v) is 18.1. The lowest BCUT2D eigenvalue weighted by Crippen LogP contribution is -2.58. The summed E-state index contributed by atoms with van der Waals surface area (Å²) in [4.78, 5) is 25.3. The van der Waals surface area contributed by atoms with Crippen LogP contribution in [0.5, 0.6) is 0 Å². The first-order valence-corrected chi connectivity index (χ1v) is 11.4. The maximum Gasteiger partial charge on any atom is 0.348 e. The highest BCUT2D eigenvalue weighted by Gasteiger charge is 2.38. The minimum absolute atomic E-state index is 0.146. The van der Waals surface area contributed by atoms with Crippen LogP contribution in [0.25, 0.3) is 10.2 Å². The van der Waals surface area contributed by atoms with E-state index in [2.05, 4.69) is 20.2 Å². The topological polar surface area (TPSA) is 76.6 Å². The van der Waals surface area contributed by atoms with Crippen LogP contribution >= 0.6 is 11.3 Å². The second-order valence-electron chi connectivity index (χ2n) is 7.92. The van der Waals surface area contributed by atoms with Crippen molar-refractivity contribution in [3.63, 3.8) is 0 Å². The van der Waals surface area contributed by atoms with Crippen molar-refractivity contribution in [1.82, 2.24) is 14.9 Å². The van der Waals surface area contributed by atoms with Gasteiger partial charge in [-0.05, 0) is 32.3 Å². The molecule has 3 heterocycles. The molecule has 4 rings (SSSR count). The van der Waals surface area contributed by atoms with Crippen molar-refractivity contribution in [2.24, 2.45) is 0 Å². The van der Waals surface area contributed by atoms with Crippen LogP contribution in [-0.2, 0) is 9.47 Å². The molecule has 0 bridgehead atoms. The fourth-order valence-electron chi connectivity index (χ4n) is 4.70. The number of ether oxygens (including phenoxy) is 2. The van der Waals surface area contributed by atoms with Crippen LogP contribution < -0.4 is 5.32 Å². The molecular formula is C21H30N4O3S. The van der Waals surface area contributed by atoms with Gasteiger partial charge in [-0.15, -0.1) is 11.3 Å². The van der Waals surface area contributed by atoms with Crippen molar-refractivity contribution >= 4 is 33.3 Å². The first-order valence-electron chi connectivity index (χ1n) is 10.6. The van der Waals surface area contributed by atoms with E-state index < -0.39 is 0 Å². The van der Waals surface area contributed by atoms with E-state index >= 15 is 0 Å². The number of aryl methyl sites for hydroxylation is 1. The first-order chi connectivity index (χ1) is 14.1. The van der Waals surface area contributed by atoms with Gasteiger partial charge in [0.15, 0.2) is 0 Å². The molecule has 2 fully saturated rings. The van der Waals surface area contributed by atoms with Crippen LogP contribution in [0.1, 0.15) is 54.3 Å². The maximum atomic E-state index is 12.3. The lowest BCUT2D eigenvalue weighted by atomic mass is 9.79. The summed E-state index contributed by atoms with van der Waals surface area (Å²) in [6.45, 7) is 8.60. The van der Waals surface area contributed by atoms with E-state index in [1.165, 1.54) is 43.4 Å². The van der Waals surface area contributed by atoms with Crippen LogP contribution in [-0.4, -0.2) is 65.8 Å². The van der Waals surface area contributed by atoms with Crippen molar-refractivity contribution in [2.45, 2.75) is 51.5 Å². The van der Waals surface area contributed by atoms with Gasteiger partial charge in [0.05, 0.1) is 25.2 Å². The van der Waals surface area contributed by atoms with Gasteiger partial charge < -0.3 is 14.8 Å². The summed E-state index contributed by atoms with van der Waals surface area (Å²) >= 11 is 1.38. The summed E-state index contributed by atoms with van der Waals surface area (Å²) in [6, 6.07) is 0. The highest BCUT2D eigenvalue weighted by Crippen LogP contribution is 2.37. The quantitative estimate of drug-likeness (QED) is 0.718.